The van der Waals surface area contributed by atoms with Crippen LogP contribution in [0.15, 0.2) is 29.2 Å². The third-order valence-corrected chi connectivity index (χ3v) is 9.71. The third kappa shape index (κ3) is 5.91. The molecule has 1 aliphatic rings. The summed E-state index contributed by atoms with van der Waals surface area (Å²) in [6, 6.07) is 8.85. The molecule has 7 nitrogen and oxygen atoms in total. The minimum absolute atomic E-state index is 0.0717. The van der Waals surface area contributed by atoms with Crippen molar-refractivity contribution in [2.24, 2.45) is 0 Å². The summed E-state index contributed by atoms with van der Waals surface area (Å²) in [5.74, 6) is -2.54. The number of nitriles is 1. The van der Waals surface area contributed by atoms with Crippen LogP contribution in [0, 0.1) is 11.3 Å². The summed E-state index contributed by atoms with van der Waals surface area (Å²) >= 11 is 26.9. The number of anilines is 2. The fourth-order valence-corrected chi connectivity index (χ4v) is 7.02. The highest BCUT2D eigenvalue weighted by Gasteiger charge is 2.29. The van der Waals surface area contributed by atoms with Crippen LogP contribution in [0.5, 0.6) is 0 Å². The smallest absolute Gasteiger partial charge is 0.338 e. The lowest BCUT2D eigenvalue weighted by molar-refractivity contribution is -0.113. The first-order valence-corrected chi connectivity index (χ1v) is 14.4. The molecular weight excluding hydrogens is 612 g/mol. The van der Waals surface area contributed by atoms with Gasteiger partial charge in [0, 0.05) is 15.5 Å². The van der Waals surface area contributed by atoms with Gasteiger partial charge in [0.05, 0.1) is 42.5 Å². The van der Waals surface area contributed by atoms with E-state index in [-0.39, 0.29) is 26.7 Å². The molecule has 3 N–H and O–H groups in total. The summed E-state index contributed by atoms with van der Waals surface area (Å²) in [6.07, 6.45) is 3.89. The van der Waals surface area contributed by atoms with E-state index < -0.39 is 28.0 Å². The van der Waals surface area contributed by atoms with Gasteiger partial charge in [-0.05, 0) is 49.4 Å². The molecule has 2 amide bonds. The number of fused-ring (bicyclic) bond motifs is 1. The van der Waals surface area contributed by atoms with Gasteiger partial charge in [0.25, 0.3) is 5.91 Å². The van der Waals surface area contributed by atoms with Crippen molar-refractivity contribution in [2.75, 3.05) is 16.4 Å². The van der Waals surface area contributed by atoms with Gasteiger partial charge >= 0.3 is 5.97 Å². The maximum Gasteiger partial charge on any atom is 0.338 e. The molecule has 0 bridgehead atoms. The first-order chi connectivity index (χ1) is 18.1. The van der Waals surface area contributed by atoms with Gasteiger partial charge in [-0.1, -0.05) is 52.5 Å². The number of carbonyl (C=O) groups excluding carboxylic acids is 2. The number of thiophene rings is 1. The van der Waals surface area contributed by atoms with Gasteiger partial charge in [-0.25, -0.2) is 4.79 Å². The Morgan fingerprint density at radius 3 is 2.37 bits per heavy atom. The second-order valence-corrected chi connectivity index (χ2v) is 11.8. The van der Waals surface area contributed by atoms with Crippen molar-refractivity contribution in [2.45, 2.75) is 30.6 Å². The van der Waals surface area contributed by atoms with Gasteiger partial charge in [0.2, 0.25) is 5.91 Å². The van der Waals surface area contributed by atoms with Gasteiger partial charge in [-0.15, -0.1) is 23.1 Å². The van der Waals surface area contributed by atoms with Crippen LogP contribution in [0.4, 0.5) is 10.7 Å². The lowest BCUT2D eigenvalue weighted by Crippen LogP contribution is -2.18. The van der Waals surface area contributed by atoms with Crippen LogP contribution < -0.4 is 10.6 Å². The number of carbonyl (C=O) groups is 3. The monoisotopic (exact) mass is 627 g/mol. The van der Waals surface area contributed by atoms with Crippen LogP contribution in [0.25, 0.3) is 0 Å². The zero-order chi connectivity index (χ0) is 27.6. The molecule has 0 saturated heterocycles. The number of halogens is 4. The molecule has 0 aliphatic heterocycles. The normalized spacial score (nSPS) is 12.4. The number of rotatable bonds is 7. The van der Waals surface area contributed by atoms with Crippen molar-refractivity contribution in [3.63, 3.8) is 0 Å². The highest BCUT2D eigenvalue weighted by atomic mass is 35.5. The average Bonchev–Trinajstić information content (AvgIpc) is 3.24. The van der Waals surface area contributed by atoms with Crippen LogP contribution in [-0.4, -0.2) is 28.6 Å². The third-order valence-electron chi connectivity index (χ3n) is 5.71. The maximum absolute atomic E-state index is 13.0. The van der Waals surface area contributed by atoms with Crippen molar-refractivity contribution in [1.82, 2.24) is 0 Å². The fraction of sp³-hybridized carbons (Fsp3) is 0.200. The van der Waals surface area contributed by atoms with Crippen LogP contribution >= 0.6 is 69.5 Å². The molecule has 0 spiro atoms. The second-order valence-electron chi connectivity index (χ2n) is 8.16. The topological polar surface area (TPSA) is 119 Å². The Morgan fingerprint density at radius 2 is 1.68 bits per heavy atom. The van der Waals surface area contributed by atoms with Crippen molar-refractivity contribution < 1.29 is 19.5 Å². The van der Waals surface area contributed by atoms with Crippen molar-refractivity contribution in [1.29, 1.82) is 5.26 Å². The first kappa shape index (κ1) is 28.6. The highest BCUT2D eigenvalue weighted by Crippen LogP contribution is 2.42. The Kier molecular flexibility index (Phi) is 9.14. The first-order valence-electron chi connectivity index (χ1n) is 11.1. The number of benzene rings is 2. The van der Waals surface area contributed by atoms with Gasteiger partial charge in [-0.3, -0.25) is 9.59 Å². The van der Waals surface area contributed by atoms with E-state index in [1.165, 1.54) is 23.1 Å². The molecule has 196 valence electrons. The largest absolute Gasteiger partial charge is 0.478 e. The number of carboxylic acid groups (broad SMARTS) is 1. The number of carboxylic acids is 1. The number of hydrogen-bond donors (Lipinski definition) is 3. The van der Waals surface area contributed by atoms with E-state index >= 15 is 0 Å². The standard InChI is InChI=1S/C25H17Cl4N3O4S2/c26-19-17(18(25(35)36)20(27)22(29)21(19)28)23(34)31-11-4-3-5-12(8-11)37-10-16(33)32-24-14(9-30)13-6-1-2-7-15(13)38-24/h3-5,8H,1-2,6-7,10H2,(H,31,34)(H,32,33)(H,35,36). The van der Waals surface area contributed by atoms with Gasteiger partial charge in [0.1, 0.15) is 11.1 Å². The van der Waals surface area contributed by atoms with E-state index in [1.54, 1.807) is 24.3 Å². The van der Waals surface area contributed by atoms with Crippen molar-refractivity contribution >= 4 is 98.0 Å². The molecule has 0 saturated carbocycles. The lowest BCUT2D eigenvalue weighted by atomic mass is 9.96. The van der Waals surface area contributed by atoms with E-state index in [0.29, 0.717) is 21.1 Å². The predicted octanol–water partition coefficient (Wildman–Crippen LogP) is 7.79. The molecule has 0 unspecified atom stereocenters. The number of aryl methyl sites for hydroxylation is 1. The van der Waals surface area contributed by atoms with E-state index in [0.717, 1.165) is 36.1 Å². The Hall–Kier alpha value is -2.45. The summed E-state index contributed by atoms with van der Waals surface area (Å²) in [6.45, 7) is 0. The molecule has 1 aliphatic carbocycles. The zero-order valence-electron chi connectivity index (χ0n) is 19.3. The van der Waals surface area contributed by atoms with Crippen molar-refractivity contribution in [3.8, 4) is 6.07 Å². The Morgan fingerprint density at radius 1 is 1.00 bits per heavy atom. The quantitative estimate of drug-likeness (QED) is 0.140. The molecular formula is C25H17Cl4N3O4S2. The molecule has 1 heterocycles. The summed E-state index contributed by atoms with van der Waals surface area (Å²) in [7, 11) is 0. The minimum Gasteiger partial charge on any atom is -0.478 e. The summed E-state index contributed by atoms with van der Waals surface area (Å²) < 4.78 is 0. The SMILES string of the molecule is N#Cc1c(NC(=O)CSc2cccc(NC(=O)c3c(Cl)c(Cl)c(Cl)c(Cl)c3C(=O)O)c2)sc2c1CCCC2. The number of nitrogens with zero attached hydrogens (tertiary/aromatic N) is 1. The van der Waals surface area contributed by atoms with E-state index in [9.17, 15) is 24.8 Å². The fourth-order valence-electron chi connectivity index (χ4n) is 3.99. The molecule has 13 heteroatoms. The number of nitrogens with one attached hydrogen (secondary N) is 2. The zero-order valence-corrected chi connectivity index (χ0v) is 23.9. The van der Waals surface area contributed by atoms with Gasteiger partial charge in [0.15, 0.2) is 0 Å². The molecule has 0 fully saturated rings. The number of amides is 2. The second kappa shape index (κ2) is 12.2. The Bertz CT molecular complexity index is 1520. The molecule has 0 radical (unpaired) electrons. The van der Waals surface area contributed by atoms with E-state index in [4.69, 9.17) is 46.4 Å². The summed E-state index contributed by atoms with van der Waals surface area (Å²) in [4.78, 5) is 39.2. The summed E-state index contributed by atoms with van der Waals surface area (Å²) in [5, 5.41) is 23.9. The van der Waals surface area contributed by atoms with Crippen LogP contribution in [0.1, 0.15) is 49.6 Å². The molecule has 1 aromatic heterocycles. The molecule has 2 aromatic carbocycles. The van der Waals surface area contributed by atoms with E-state index in [1.807, 2.05) is 0 Å². The van der Waals surface area contributed by atoms with Crippen LogP contribution in [-0.2, 0) is 17.6 Å². The molecule has 0 atom stereocenters. The maximum atomic E-state index is 13.0. The van der Waals surface area contributed by atoms with Gasteiger partial charge in [-0.2, -0.15) is 5.26 Å². The van der Waals surface area contributed by atoms with Crippen LogP contribution in [0.2, 0.25) is 20.1 Å². The minimum atomic E-state index is -1.50. The predicted molar refractivity (Wildman–Crippen MR) is 153 cm³/mol. The molecule has 38 heavy (non-hydrogen) atoms. The average molecular weight is 629 g/mol. The molecule has 4 rings (SSSR count). The molecule has 3 aromatic rings. The van der Waals surface area contributed by atoms with Gasteiger partial charge < -0.3 is 15.7 Å². The highest BCUT2D eigenvalue weighted by molar-refractivity contribution is 8.00. The van der Waals surface area contributed by atoms with E-state index in [2.05, 4.69) is 16.7 Å². The van der Waals surface area contributed by atoms with Crippen molar-refractivity contribution in [3.05, 3.63) is 71.5 Å². The number of hydrogen-bond acceptors (Lipinski definition) is 6. The van der Waals surface area contributed by atoms with Crippen LogP contribution in [0.3, 0.4) is 0 Å². The number of thioether (sulfide) groups is 1. The number of aromatic carboxylic acids is 1. The summed E-state index contributed by atoms with van der Waals surface area (Å²) in [5.41, 5.74) is 0.924. The lowest BCUT2D eigenvalue weighted by Gasteiger charge is -2.14. The Balaban J connectivity index is 1.46. The Labute approximate surface area is 246 Å².